The van der Waals surface area contributed by atoms with Crippen LogP contribution in [-0.4, -0.2) is 99.4 Å². The molecule has 0 atom stereocenters. The summed E-state index contributed by atoms with van der Waals surface area (Å²) in [7, 11) is -16.6. The van der Waals surface area contributed by atoms with Crippen LogP contribution in [0.4, 0.5) is 51.2 Å². The summed E-state index contributed by atoms with van der Waals surface area (Å²) in [5.74, 6) is -20.9. The number of allylic oxidation sites excluding steroid dienone is 2. The third-order valence-corrected chi connectivity index (χ3v) is 14.2. The number of rotatable bonds is 12. The fourth-order valence-corrected chi connectivity index (χ4v) is 9.06. The van der Waals surface area contributed by atoms with Crippen molar-refractivity contribution in [3.63, 3.8) is 0 Å². The van der Waals surface area contributed by atoms with Crippen molar-refractivity contribution in [1.82, 2.24) is 10.1 Å². The molecule has 0 bridgehead atoms. The van der Waals surface area contributed by atoms with Crippen LogP contribution in [-0.2, 0) is 43.2 Å². The van der Waals surface area contributed by atoms with Crippen LogP contribution in [0.25, 0.3) is 27.1 Å². The van der Waals surface area contributed by atoms with E-state index >= 15 is 0 Å². The maximum atomic E-state index is 13.8. The second-order valence-corrected chi connectivity index (χ2v) is 22.4. The van der Waals surface area contributed by atoms with Crippen molar-refractivity contribution in [3.8, 4) is 6.07 Å². The van der Waals surface area contributed by atoms with Crippen LogP contribution < -0.4 is 0 Å². The Morgan fingerprint density at radius 1 is 0.679 bits per heavy atom. The van der Waals surface area contributed by atoms with E-state index in [0.717, 1.165) is 29.5 Å². The van der Waals surface area contributed by atoms with Crippen LogP contribution in [0.3, 0.4) is 0 Å². The number of hydrogen-bond donors (Lipinski definition) is 1. The van der Waals surface area contributed by atoms with E-state index in [1.54, 1.807) is 23.6 Å². The first kappa shape index (κ1) is 64.8. The number of oxime groups is 1. The molecular formula is C45H33F12IN6O13S4. The molecule has 5 aromatic rings. The van der Waals surface area contributed by atoms with Gasteiger partial charge in [0.2, 0.25) is 0 Å². The van der Waals surface area contributed by atoms with Crippen molar-refractivity contribution in [2.24, 2.45) is 8.48 Å². The van der Waals surface area contributed by atoms with Gasteiger partial charge in [-0.15, -0.1) is 18.7 Å². The summed E-state index contributed by atoms with van der Waals surface area (Å²) in [4.78, 5) is 49.3. The van der Waals surface area contributed by atoms with Crippen LogP contribution in [0.2, 0.25) is 0 Å². The number of thioether (sulfide) groups is 1. The number of hydroxylamine groups is 4. The Morgan fingerprint density at radius 2 is 1.07 bits per heavy atom. The molecule has 0 spiro atoms. The fraction of sp³-hybridized carbons (Fsp3) is 0.200. The molecule has 0 aliphatic carbocycles. The molecule has 5 aromatic carbocycles. The average molecular weight is 1350 g/mol. The van der Waals surface area contributed by atoms with E-state index in [-0.39, 0.29) is 41.3 Å². The van der Waals surface area contributed by atoms with Crippen molar-refractivity contribution >= 4 is 120 Å². The normalized spacial score (nSPS) is 16.2. The molecule has 0 unspecified atom stereocenters. The molecule has 3 heterocycles. The number of imide groups is 2. The standard InChI is InChI=1S/C16H6F9NO5S.C14H9F2NO5S.C14H12N2O3S2.CH4.FH2IN2/c17-13(18,15(21,22)23)14(19,20)16(24,25)32(29,30)31-26-11(27)8-5-1-3-7-4-2-6-9(10(7)8)12(26)28;1-14(15,16)23(20,21)22-17-12(18)9-6-2-4-8-5-3-7-10(11(8)9)13(17)19;1-10-5-3-4-6-11(10)13(9-15)12-7-8-20-14(12)16-19-21(2,17)18;;1-2-4-3/h1-6H;2-7H,1H3;3-8H,1-2H3;1H4;2-3H/b;;13-12+,16-14-;;/i;;;;2T. The quantitative estimate of drug-likeness (QED) is 0.0303. The third kappa shape index (κ3) is 13.3. The van der Waals surface area contributed by atoms with Gasteiger partial charge in [-0.3, -0.25) is 23.5 Å². The molecule has 36 heteroatoms. The first-order valence-corrected chi connectivity index (χ1v) is 28.0. The second-order valence-electron chi connectivity index (χ2n) is 15.7. The Bertz CT molecular complexity index is 3800. The van der Waals surface area contributed by atoms with Gasteiger partial charge in [0.25, 0.3) is 23.6 Å². The van der Waals surface area contributed by atoms with Gasteiger partial charge in [0.05, 0.1) is 34.1 Å². The minimum atomic E-state index is -7.59. The van der Waals surface area contributed by atoms with Crippen molar-refractivity contribution in [2.75, 3.05) is 6.26 Å². The molecule has 3 aliphatic heterocycles. The first-order valence-electron chi connectivity index (χ1n) is 21.1. The van der Waals surface area contributed by atoms with Crippen LogP contribution in [0, 0.1) is 23.8 Å². The van der Waals surface area contributed by atoms with Gasteiger partial charge >= 0.3 is 93.1 Å². The number of amides is 4. The number of alkyl halides is 11. The topological polar surface area (TPSA) is 277 Å². The number of nitriles is 1. The zero-order chi connectivity index (χ0) is 61.2. The number of carbonyl (C=O) groups is 4. The fourth-order valence-electron chi connectivity index (χ4n) is 6.76. The second kappa shape index (κ2) is 24.6. The molecule has 0 radical (unpaired) electrons. The van der Waals surface area contributed by atoms with Crippen LogP contribution in [0.15, 0.2) is 123 Å². The number of benzene rings is 5. The average Bonchev–Trinajstić information content (AvgIpc) is 4.00. The molecule has 0 saturated heterocycles. The van der Waals surface area contributed by atoms with Crippen molar-refractivity contribution in [1.29, 1.82) is 11.4 Å². The molecule has 19 nitrogen and oxygen atoms in total. The summed E-state index contributed by atoms with van der Waals surface area (Å²) in [5.41, 5.74) is 7.46. The van der Waals surface area contributed by atoms with E-state index in [4.69, 9.17) is 6.12 Å². The van der Waals surface area contributed by atoms with Gasteiger partial charge in [0.15, 0.2) is 0 Å². The van der Waals surface area contributed by atoms with Gasteiger partial charge in [0, 0.05) is 23.3 Å². The monoisotopic (exact) mass is 1350 g/mol. The number of carbonyl (C=O) groups excluding carboxylic acids is 4. The van der Waals surface area contributed by atoms with E-state index in [9.17, 15) is 101 Å². The van der Waals surface area contributed by atoms with E-state index in [2.05, 4.69) is 27.4 Å². The van der Waals surface area contributed by atoms with Gasteiger partial charge in [-0.25, -0.2) is 0 Å². The number of nitrogens with one attached hydrogen (secondary N) is 1. The number of halogens is 13. The number of aryl methyl sites for hydroxylation is 1. The Hall–Kier alpha value is -7.05. The molecule has 81 heavy (non-hydrogen) atoms. The Labute approximate surface area is 465 Å². The Kier molecular flexibility index (Phi) is 19.7. The van der Waals surface area contributed by atoms with Crippen LogP contribution in [0.1, 0.15) is 66.9 Å². The molecule has 4 amide bonds. The van der Waals surface area contributed by atoms with Gasteiger partial charge in [0.1, 0.15) is 11.1 Å². The van der Waals surface area contributed by atoms with Crippen molar-refractivity contribution in [3.05, 3.63) is 147 Å². The zero-order valence-corrected chi connectivity index (χ0v) is 44.9. The van der Waals surface area contributed by atoms with E-state index < -0.39 is 121 Å². The van der Waals surface area contributed by atoms with Gasteiger partial charge in [-0.1, -0.05) is 97.1 Å². The zero-order valence-electron chi connectivity index (χ0n) is 40.5. The summed E-state index contributed by atoms with van der Waals surface area (Å²) >= 11 is -2.03. The molecule has 8 rings (SSSR count). The molecular weight excluding hydrogens is 1320 g/mol. The van der Waals surface area contributed by atoms with Crippen LogP contribution in [0.5, 0.6) is 0 Å². The van der Waals surface area contributed by atoms with E-state index in [0.29, 0.717) is 27.0 Å². The third-order valence-electron chi connectivity index (χ3n) is 10.4. The summed E-state index contributed by atoms with van der Waals surface area (Å²) in [5, 5.41) is 3.61. The molecule has 3 aliphatic rings. The SMILES string of the molecule is C.CC(F)(F)S(=O)(=O)ON1C(=O)c2cccc3cccc(c23)C1=O.Cc1ccccc1/C(C#N)=C1\C=CS\C1=N/OS(C)(=O)=O.O=C1c2cccc3cccc(c23)C(=O)N1OS(=O)(=O)C(F)(F)C(F)(F)C(F)(F)C(F)(F)F.[3H]I(F)N=N. The van der Waals surface area contributed by atoms with E-state index in [1.807, 2.05) is 31.2 Å². The van der Waals surface area contributed by atoms with Gasteiger partial charge < -0.3 is 0 Å². The first-order chi connectivity index (χ1) is 37.2. The number of hydrogen-bond acceptors (Lipinski definition) is 18. The Balaban J connectivity index is 0.000000258. The minimum absolute atomic E-state index is 0. The van der Waals surface area contributed by atoms with Crippen molar-refractivity contribution < 1.29 is 108 Å². The van der Waals surface area contributed by atoms with Crippen LogP contribution >= 0.6 is 33.6 Å². The predicted molar refractivity (Wildman–Crippen MR) is 273 cm³/mol. The number of nitrogens with zero attached hydrogens (tertiary/aromatic N) is 5. The molecule has 0 fully saturated rings. The summed E-state index contributed by atoms with van der Waals surface area (Å²) < 4.78 is 243. The van der Waals surface area contributed by atoms with Gasteiger partial charge in [-0.05, 0) is 64.6 Å². The van der Waals surface area contributed by atoms with Gasteiger partial charge in [-0.2, -0.15) is 78.8 Å². The Morgan fingerprint density at radius 3 is 1.42 bits per heavy atom. The van der Waals surface area contributed by atoms with Crippen molar-refractivity contribution in [2.45, 2.75) is 49.8 Å². The summed E-state index contributed by atoms with van der Waals surface area (Å²) in [6, 6.07) is 25.8. The molecule has 436 valence electrons. The van der Waals surface area contributed by atoms with E-state index in [1.165, 1.54) is 60.3 Å². The summed E-state index contributed by atoms with van der Waals surface area (Å²) in [6.45, 7) is 2.00. The molecule has 1 N–H and O–H groups in total. The summed E-state index contributed by atoms with van der Waals surface area (Å²) in [6.07, 6.45) is -4.65. The predicted octanol–water partition coefficient (Wildman–Crippen LogP) is 11.4. The molecule has 0 saturated carbocycles. The maximum absolute atomic E-state index is 13.8. The molecule has 0 aromatic heterocycles.